The third kappa shape index (κ3) is 3.37. The first-order valence-electron chi connectivity index (χ1n) is 8.23. The van der Waals surface area contributed by atoms with E-state index in [1.165, 1.54) is 33.4 Å². The van der Waals surface area contributed by atoms with Gasteiger partial charge in [0.15, 0.2) is 0 Å². The van der Waals surface area contributed by atoms with E-state index in [0.29, 0.717) is 0 Å². The topological polar surface area (TPSA) is 31.5 Å². The van der Waals surface area contributed by atoms with Crippen molar-refractivity contribution in [2.75, 3.05) is 0 Å². The molecular weight excluding hydrogens is 304 g/mol. The van der Waals surface area contributed by atoms with Crippen molar-refractivity contribution in [1.82, 2.24) is 0 Å². The van der Waals surface area contributed by atoms with E-state index in [9.17, 15) is 0 Å². The quantitative estimate of drug-likeness (QED) is 0.452. The van der Waals surface area contributed by atoms with Crippen molar-refractivity contribution >= 4 is 0 Å². The Labute approximate surface area is 148 Å². The van der Waals surface area contributed by atoms with Crippen LogP contribution in [0.5, 0.6) is 0 Å². The SMILES string of the molecule is O.c1ccc(-c2cccc(-c3ccccc3)c2-c2ccccc2)cc1. The minimum absolute atomic E-state index is 0. The highest BCUT2D eigenvalue weighted by Crippen LogP contribution is 2.39. The van der Waals surface area contributed by atoms with Crippen molar-refractivity contribution in [1.29, 1.82) is 0 Å². The average Bonchev–Trinajstić information content (AvgIpc) is 2.69. The molecule has 0 bridgehead atoms. The van der Waals surface area contributed by atoms with Crippen LogP contribution in [-0.2, 0) is 0 Å². The zero-order valence-corrected chi connectivity index (χ0v) is 13.9. The summed E-state index contributed by atoms with van der Waals surface area (Å²) in [5.74, 6) is 0. The molecule has 0 amide bonds. The Morgan fingerprint density at radius 3 is 1.08 bits per heavy atom. The van der Waals surface area contributed by atoms with Gasteiger partial charge >= 0.3 is 0 Å². The predicted molar refractivity (Wildman–Crippen MR) is 106 cm³/mol. The molecule has 0 aromatic heterocycles. The molecule has 0 saturated carbocycles. The monoisotopic (exact) mass is 324 g/mol. The zero-order valence-electron chi connectivity index (χ0n) is 13.9. The number of hydrogen-bond acceptors (Lipinski definition) is 0. The third-order valence-electron chi connectivity index (χ3n) is 4.30. The van der Waals surface area contributed by atoms with Gasteiger partial charge in [-0.2, -0.15) is 0 Å². The summed E-state index contributed by atoms with van der Waals surface area (Å²) in [6, 6.07) is 38.4. The number of rotatable bonds is 3. The molecule has 0 saturated heterocycles. The molecule has 0 atom stereocenters. The van der Waals surface area contributed by atoms with E-state index in [1.54, 1.807) is 0 Å². The lowest BCUT2D eigenvalue weighted by Gasteiger charge is -2.16. The lowest BCUT2D eigenvalue weighted by molar-refractivity contribution is 0.824. The molecule has 0 aliphatic rings. The van der Waals surface area contributed by atoms with Crippen LogP contribution >= 0.6 is 0 Å². The first kappa shape index (κ1) is 16.7. The van der Waals surface area contributed by atoms with Crippen molar-refractivity contribution in [3.8, 4) is 33.4 Å². The molecule has 0 heterocycles. The maximum atomic E-state index is 2.21. The second-order valence-electron chi connectivity index (χ2n) is 5.83. The van der Waals surface area contributed by atoms with Crippen LogP contribution in [0.25, 0.3) is 33.4 Å². The van der Waals surface area contributed by atoms with Gasteiger partial charge in [-0.3, -0.25) is 0 Å². The van der Waals surface area contributed by atoms with Gasteiger partial charge in [0.25, 0.3) is 0 Å². The van der Waals surface area contributed by atoms with Crippen LogP contribution in [0.4, 0.5) is 0 Å². The molecule has 1 heteroatoms. The fourth-order valence-corrected chi connectivity index (χ4v) is 3.18. The summed E-state index contributed by atoms with van der Waals surface area (Å²) in [5, 5.41) is 0. The first-order chi connectivity index (χ1) is 11.9. The predicted octanol–water partition coefficient (Wildman–Crippen LogP) is 5.86. The third-order valence-corrected chi connectivity index (χ3v) is 4.30. The fraction of sp³-hybridized carbons (Fsp3) is 0. The van der Waals surface area contributed by atoms with Gasteiger partial charge in [-0.15, -0.1) is 0 Å². The van der Waals surface area contributed by atoms with E-state index in [4.69, 9.17) is 0 Å². The molecule has 1 nitrogen and oxygen atoms in total. The van der Waals surface area contributed by atoms with Crippen LogP contribution in [0.3, 0.4) is 0 Å². The molecule has 25 heavy (non-hydrogen) atoms. The summed E-state index contributed by atoms with van der Waals surface area (Å²) in [6.45, 7) is 0. The minimum atomic E-state index is 0. The van der Waals surface area contributed by atoms with Crippen molar-refractivity contribution in [2.45, 2.75) is 0 Å². The molecule has 0 radical (unpaired) electrons. The second-order valence-corrected chi connectivity index (χ2v) is 5.83. The summed E-state index contributed by atoms with van der Waals surface area (Å²) in [4.78, 5) is 0. The molecule has 0 unspecified atom stereocenters. The van der Waals surface area contributed by atoms with Crippen LogP contribution in [0.2, 0.25) is 0 Å². The summed E-state index contributed by atoms with van der Waals surface area (Å²) < 4.78 is 0. The Kier molecular flexibility index (Phi) is 5.08. The fourth-order valence-electron chi connectivity index (χ4n) is 3.18. The maximum Gasteiger partial charge on any atom is -0.00268 e. The zero-order chi connectivity index (χ0) is 16.2. The molecule has 2 N–H and O–H groups in total. The summed E-state index contributed by atoms with van der Waals surface area (Å²) >= 11 is 0. The van der Waals surface area contributed by atoms with Crippen LogP contribution < -0.4 is 0 Å². The molecule has 0 aliphatic heterocycles. The Hall–Kier alpha value is -3.16. The molecular formula is C24H20O. The summed E-state index contributed by atoms with van der Waals surface area (Å²) in [6.07, 6.45) is 0. The smallest absolute Gasteiger partial charge is 0.00268 e. The molecule has 0 fully saturated rings. The van der Waals surface area contributed by atoms with Gasteiger partial charge in [0.2, 0.25) is 0 Å². The Morgan fingerprint density at radius 2 is 0.680 bits per heavy atom. The highest BCUT2D eigenvalue weighted by atomic mass is 16.0. The van der Waals surface area contributed by atoms with E-state index in [2.05, 4.69) is 109 Å². The van der Waals surface area contributed by atoms with E-state index < -0.39 is 0 Å². The van der Waals surface area contributed by atoms with E-state index in [0.717, 1.165) is 0 Å². The van der Waals surface area contributed by atoms with Gasteiger partial charge in [-0.25, -0.2) is 0 Å². The van der Waals surface area contributed by atoms with Gasteiger partial charge < -0.3 is 5.48 Å². The average molecular weight is 324 g/mol. The van der Waals surface area contributed by atoms with Gasteiger partial charge in [0.1, 0.15) is 0 Å². The standard InChI is InChI=1S/C24H18.H2O/c1-4-11-19(12-5-1)22-17-10-18-23(20-13-6-2-7-14-20)24(22)21-15-8-3-9-16-21;/h1-18H;1H2. The Bertz CT molecular complexity index is 872. The summed E-state index contributed by atoms with van der Waals surface area (Å²) in [5.41, 5.74) is 7.56. The van der Waals surface area contributed by atoms with Crippen LogP contribution in [0, 0.1) is 0 Å². The van der Waals surface area contributed by atoms with E-state index in [-0.39, 0.29) is 5.48 Å². The van der Waals surface area contributed by atoms with Gasteiger partial charge in [0, 0.05) is 0 Å². The molecule has 4 aromatic carbocycles. The highest BCUT2D eigenvalue weighted by Gasteiger charge is 2.13. The lowest BCUT2D eigenvalue weighted by atomic mass is 9.88. The molecule has 4 aromatic rings. The minimum Gasteiger partial charge on any atom is -0.412 e. The van der Waals surface area contributed by atoms with E-state index in [1.807, 2.05) is 0 Å². The molecule has 122 valence electrons. The van der Waals surface area contributed by atoms with Crippen LogP contribution in [0.1, 0.15) is 0 Å². The maximum absolute atomic E-state index is 2.21. The van der Waals surface area contributed by atoms with Crippen LogP contribution in [0.15, 0.2) is 109 Å². The van der Waals surface area contributed by atoms with Gasteiger partial charge in [0.05, 0.1) is 0 Å². The Balaban J connectivity index is 0.00000182. The molecule has 0 spiro atoms. The van der Waals surface area contributed by atoms with Crippen LogP contribution in [-0.4, -0.2) is 5.48 Å². The lowest BCUT2D eigenvalue weighted by Crippen LogP contribution is -1.90. The largest absolute Gasteiger partial charge is 0.412 e. The normalized spacial score (nSPS) is 10.1. The second kappa shape index (κ2) is 7.61. The van der Waals surface area contributed by atoms with Gasteiger partial charge in [-0.1, -0.05) is 109 Å². The van der Waals surface area contributed by atoms with Crippen molar-refractivity contribution in [3.63, 3.8) is 0 Å². The van der Waals surface area contributed by atoms with Crippen molar-refractivity contribution in [2.24, 2.45) is 0 Å². The summed E-state index contributed by atoms with van der Waals surface area (Å²) in [7, 11) is 0. The molecule has 4 rings (SSSR count). The van der Waals surface area contributed by atoms with Gasteiger partial charge in [-0.05, 0) is 33.4 Å². The van der Waals surface area contributed by atoms with Crippen molar-refractivity contribution in [3.05, 3.63) is 109 Å². The highest BCUT2D eigenvalue weighted by molar-refractivity contribution is 5.94. The molecule has 0 aliphatic carbocycles. The first-order valence-corrected chi connectivity index (χ1v) is 8.23. The van der Waals surface area contributed by atoms with Crippen molar-refractivity contribution < 1.29 is 5.48 Å². The number of hydrogen-bond donors (Lipinski definition) is 0. The Morgan fingerprint density at radius 1 is 0.320 bits per heavy atom. The number of benzene rings is 4. The van der Waals surface area contributed by atoms with E-state index >= 15 is 0 Å².